The minimum Gasteiger partial charge on any atom is -0.506 e. The normalized spacial score (nSPS) is 11.0. The number of H-pyrrole nitrogens is 1. The van der Waals surface area contributed by atoms with Gasteiger partial charge >= 0.3 is 0 Å². The summed E-state index contributed by atoms with van der Waals surface area (Å²) in [4.78, 5) is 44.4. The van der Waals surface area contributed by atoms with E-state index in [9.17, 15) is 19.5 Å². The molecule has 2 aromatic heterocycles. The number of aromatic amines is 1. The first kappa shape index (κ1) is 16.5. The van der Waals surface area contributed by atoms with Crippen molar-refractivity contribution in [2.45, 2.75) is 6.92 Å². The van der Waals surface area contributed by atoms with Crippen LogP contribution in [-0.4, -0.2) is 25.7 Å². The van der Waals surface area contributed by atoms with Gasteiger partial charge in [0.05, 0.1) is 16.4 Å². The third kappa shape index (κ3) is 2.63. The highest BCUT2D eigenvalue weighted by atomic mass is 16.3. The topological polar surface area (TPSA) is 117 Å². The molecule has 0 spiro atoms. The van der Waals surface area contributed by atoms with Gasteiger partial charge in [-0.25, -0.2) is 9.66 Å². The first-order valence-corrected chi connectivity index (χ1v) is 8.11. The highest BCUT2D eigenvalue weighted by Crippen LogP contribution is 2.24. The molecule has 0 fully saturated rings. The van der Waals surface area contributed by atoms with Gasteiger partial charge in [0.25, 0.3) is 17.0 Å². The van der Waals surface area contributed by atoms with E-state index >= 15 is 0 Å². The maximum Gasteiger partial charge on any atom is 0.280 e. The Bertz CT molecular complexity index is 1340. The Morgan fingerprint density at radius 2 is 1.74 bits per heavy atom. The lowest BCUT2D eigenvalue weighted by Gasteiger charge is -2.13. The third-order valence-electron chi connectivity index (χ3n) is 4.28. The van der Waals surface area contributed by atoms with Crippen molar-refractivity contribution in [3.05, 3.63) is 80.6 Å². The van der Waals surface area contributed by atoms with Crippen molar-refractivity contribution in [1.29, 1.82) is 0 Å². The van der Waals surface area contributed by atoms with Gasteiger partial charge in [-0.2, -0.15) is 0 Å². The molecule has 27 heavy (non-hydrogen) atoms. The Hall–Kier alpha value is -3.94. The molecule has 2 heterocycles. The summed E-state index contributed by atoms with van der Waals surface area (Å²) in [6.45, 7) is 1.55. The lowest BCUT2D eigenvalue weighted by Crippen LogP contribution is -2.37. The summed E-state index contributed by atoms with van der Waals surface area (Å²) in [5.41, 5.74) is 1.53. The smallest absolute Gasteiger partial charge is 0.280 e. The Morgan fingerprint density at radius 1 is 1.07 bits per heavy atom. The predicted molar refractivity (Wildman–Crippen MR) is 101 cm³/mol. The fourth-order valence-electron chi connectivity index (χ4n) is 2.97. The molecule has 0 radical (unpaired) electrons. The summed E-state index contributed by atoms with van der Waals surface area (Å²) in [5.74, 6) is -1.13. The maximum absolute atomic E-state index is 12.7. The lowest BCUT2D eigenvalue weighted by molar-refractivity contribution is 0.100. The number of carbonyl (C=O) groups excluding carboxylic acids is 1. The van der Waals surface area contributed by atoms with Crippen LogP contribution in [0.15, 0.2) is 58.1 Å². The predicted octanol–water partition coefficient (Wildman–Crippen LogP) is 1.64. The maximum atomic E-state index is 12.7. The average Bonchev–Trinajstić information content (AvgIpc) is 2.65. The molecular weight excluding hydrogens is 348 g/mol. The van der Waals surface area contributed by atoms with Crippen molar-refractivity contribution < 1.29 is 9.90 Å². The monoisotopic (exact) mass is 362 g/mol. The molecular formula is C19H14N4O4. The van der Waals surface area contributed by atoms with Crippen molar-refractivity contribution in [2.24, 2.45) is 0 Å². The van der Waals surface area contributed by atoms with Crippen LogP contribution in [0.25, 0.3) is 21.8 Å². The summed E-state index contributed by atoms with van der Waals surface area (Å²) < 4.78 is 0.957. The summed E-state index contributed by atoms with van der Waals surface area (Å²) in [6, 6.07) is 13.3. The number of hydrogen-bond acceptors (Lipinski definition) is 5. The van der Waals surface area contributed by atoms with Gasteiger partial charge in [0.1, 0.15) is 17.1 Å². The second kappa shape index (κ2) is 6.10. The average molecular weight is 362 g/mol. The molecule has 0 saturated heterocycles. The molecule has 2 aromatic carbocycles. The van der Waals surface area contributed by atoms with Crippen LogP contribution in [0.5, 0.6) is 5.75 Å². The highest BCUT2D eigenvalue weighted by Gasteiger charge is 2.20. The van der Waals surface area contributed by atoms with Gasteiger partial charge in [-0.1, -0.05) is 24.3 Å². The molecule has 0 aliphatic heterocycles. The van der Waals surface area contributed by atoms with E-state index in [-0.39, 0.29) is 5.82 Å². The molecule has 4 rings (SSSR count). The SMILES string of the molecule is Cc1nc2ccccc2c(=O)n1NC(=O)c1c(O)c2ccccc2[nH]c1=O. The number of nitrogens with one attached hydrogen (secondary N) is 2. The number of rotatable bonds is 2. The number of amides is 1. The Labute approximate surface area is 151 Å². The summed E-state index contributed by atoms with van der Waals surface area (Å²) in [5, 5.41) is 11.0. The van der Waals surface area contributed by atoms with Gasteiger partial charge in [0.2, 0.25) is 0 Å². The van der Waals surface area contributed by atoms with Crippen molar-refractivity contribution >= 4 is 27.7 Å². The van der Waals surface area contributed by atoms with Crippen LogP contribution in [0, 0.1) is 6.92 Å². The van der Waals surface area contributed by atoms with E-state index in [1.165, 1.54) is 0 Å². The van der Waals surface area contributed by atoms with Crippen LogP contribution >= 0.6 is 0 Å². The van der Waals surface area contributed by atoms with E-state index in [2.05, 4.69) is 15.4 Å². The Kier molecular flexibility index (Phi) is 3.73. The first-order valence-electron chi connectivity index (χ1n) is 8.11. The number of aryl methyl sites for hydroxylation is 1. The highest BCUT2D eigenvalue weighted by molar-refractivity contribution is 6.06. The van der Waals surface area contributed by atoms with Crippen molar-refractivity contribution in [3.8, 4) is 5.75 Å². The van der Waals surface area contributed by atoms with Crippen molar-refractivity contribution in [2.75, 3.05) is 5.43 Å². The summed E-state index contributed by atoms with van der Waals surface area (Å²) in [6.07, 6.45) is 0. The number of aromatic nitrogens is 3. The van der Waals surface area contributed by atoms with E-state index in [1.54, 1.807) is 55.5 Å². The molecule has 0 unspecified atom stereocenters. The van der Waals surface area contributed by atoms with E-state index in [0.29, 0.717) is 21.8 Å². The molecule has 0 saturated carbocycles. The van der Waals surface area contributed by atoms with Crippen LogP contribution in [0.4, 0.5) is 0 Å². The van der Waals surface area contributed by atoms with Gasteiger partial charge in [0.15, 0.2) is 0 Å². The number of nitrogens with zero attached hydrogens (tertiary/aromatic N) is 2. The van der Waals surface area contributed by atoms with Crippen LogP contribution in [0.1, 0.15) is 16.2 Å². The molecule has 0 aliphatic rings. The molecule has 3 N–H and O–H groups in total. The zero-order chi connectivity index (χ0) is 19.1. The van der Waals surface area contributed by atoms with Gasteiger partial charge in [-0.15, -0.1) is 0 Å². The number of fused-ring (bicyclic) bond motifs is 2. The number of aromatic hydroxyl groups is 1. The molecule has 134 valence electrons. The Balaban J connectivity index is 1.84. The minimum atomic E-state index is -0.915. The van der Waals surface area contributed by atoms with Crippen LogP contribution < -0.4 is 16.5 Å². The summed E-state index contributed by atoms with van der Waals surface area (Å²) in [7, 11) is 0. The van der Waals surface area contributed by atoms with Gasteiger partial charge in [-0.05, 0) is 31.2 Å². The Morgan fingerprint density at radius 3 is 2.52 bits per heavy atom. The van der Waals surface area contributed by atoms with Gasteiger partial charge < -0.3 is 10.1 Å². The van der Waals surface area contributed by atoms with Crippen LogP contribution in [0.3, 0.4) is 0 Å². The molecule has 4 aromatic rings. The van der Waals surface area contributed by atoms with E-state index in [4.69, 9.17) is 0 Å². The fourth-order valence-corrected chi connectivity index (χ4v) is 2.97. The zero-order valence-corrected chi connectivity index (χ0v) is 14.2. The number of pyridine rings is 1. The van der Waals surface area contributed by atoms with E-state index in [0.717, 1.165) is 4.68 Å². The number of para-hydroxylation sites is 2. The van der Waals surface area contributed by atoms with Crippen LogP contribution in [-0.2, 0) is 0 Å². The lowest BCUT2D eigenvalue weighted by atomic mass is 10.1. The van der Waals surface area contributed by atoms with E-state index < -0.39 is 28.3 Å². The van der Waals surface area contributed by atoms with Crippen molar-refractivity contribution in [3.63, 3.8) is 0 Å². The second-order valence-electron chi connectivity index (χ2n) is 5.98. The summed E-state index contributed by atoms with van der Waals surface area (Å²) >= 11 is 0. The zero-order valence-electron chi connectivity index (χ0n) is 14.2. The number of benzene rings is 2. The molecule has 1 amide bonds. The number of hydrogen-bond donors (Lipinski definition) is 3. The molecule has 0 bridgehead atoms. The standard InChI is InChI=1S/C19H14N4O4/c1-10-20-14-9-5-3-7-12(14)19(27)23(10)22-18(26)15-16(24)11-6-2-4-8-13(11)21-17(15)25/h2-9H,1H3,(H,22,26)(H2,21,24,25). The quantitative estimate of drug-likeness (QED) is 0.501. The second-order valence-corrected chi connectivity index (χ2v) is 5.98. The largest absolute Gasteiger partial charge is 0.506 e. The van der Waals surface area contributed by atoms with Gasteiger partial charge in [-0.3, -0.25) is 19.8 Å². The third-order valence-corrected chi connectivity index (χ3v) is 4.28. The minimum absolute atomic E-state index is 0.240. The van der Waals surface area contributed by atoms with Crippen molar-refractivity contribution in [1.82, 2.24) is 14.6 Å². The fraction of sp³-hybridized carbons (Fsp3) is 0.0526. The molecule has 8 heteroatoms. The van der Waals surface area contributed by atoms with Gasteiger partial charge in [0, 0.05) is 5.39 Å². The van der Waals surface area contributed by atoms with Crippen LogP contribution in [0.2, 0.25) is 0 Å². The van der Waals surface area contributed by atoms with E-state index in [1.807, 2.05) is 0 Å². The molecule has 0 aliphatic carbocycles. The first-order chi connectivity index (χ1) is 13.0. The molecule has 8 nitrogen and oxygen atoms in total. The number of carbonyl (C=O) groups is 1. The molecule has 0 atom stereocenters.